The standard InChI is InChI=1S/C15H16N2O/c1-10-4-6-12(3)13(8-10)15(18)17-14-7-5-11(2)9-16-14/h4-9H,1-3H3,(H,16,17,18). The molecule has 0 radical (unpaired) electrons. The molecular formula is C15H16N2O. The minimum absolute atomic E-state index is 0.118. The number of pyridine rings is 1. The van der Waals surface area contributed by atoms with Gasteiger partial charge in [-0.15, -0.1) is 0 Å². The van der Waals surface area contributed by atoms with Crippen LogP contribution in [-0.4, -0.2) is 10.9 Å². The Labute approximate surface area is 107 Å². The minimum Gasteiger partial charge on any atom is -0.307 e. The van der Waals surface area contributed by atoms with Crippen LogP contribution < -0.4 is 5.32 Å². The van der Waals surface area contributed by atoms with E-state index in [9.17, 15) is 4.79 Å². The van der Waals surface area contributed by atoms with Gasteiger partial charge < -0.3 is 5.32 Å². The van der Waals surface area contributed by atoms with Gasteiger partial charge in [-0.05, 0) is 44.0 Å². The van der Waals surface area contributed by atoms with Crippen LogP contribution in [-0.2, 0) is 0 Å². The summed E-state index contributed by atoms with van der Waals surface area (Å²) in [5.74, 6) is 0.457. The Morgan fingerprint density at radius 3 is 2.44 bits per heavy atom. The van der Waals surface area contributed by atoms with E-state index >= 15 is 0 Å². The maximum absolute atomic E-state index is 12.1. The molecule has 0 aliphatic rings. The molecule has 18 heavy (non-hydrogen) atoms. The molecule has 1 N–H and O–H groups in total. The first kappa shape index (κ1) is 12.3. The van der Waals surface area contributed by atoms with E-state index < -0.39 is 0 Å². The molecule has 2 rings (SSSR count). The van der Waals surface area contributed by atoms with Gasteiger partial charge in [0.05, 0.1) is 0 Å². The number of carbonyl (C=O) groups is 1. The summed E-state index contributed by atoms with van der Waals surface area (Å²) < 4.78 is 0. The van der Waals surface area contributed by atoms with Gasteiger partial charge in [-0.3, -0.25) is 4.79 Å². The van der Waals surface area contributed by atoms with Gasteiger partial charge in [-0.1, -0.05) is 23.8 Å². The summed E-state index contributed by atoms with van der Waals surface area (Å²) in [6, 6.07) is 9.56. The van der Waals surface area contributed by atoms with Crippen molar-refractivity contribution in [3.05, 3.63) is 58.8 Å². The van der Waals surface area contributed by atoms with Gasteiger partial charge in [0.15, 0.2) is 0 Å². The first-order valence-electron chi connectivity index (χ1n) is 5.87. The van der Waals surface area contributed by atoms with Crippen LogP contribution in [0.15, 0.2) is 36.5 Å². The molecule has 1 aromatic carbocycles. The highest BCUT2D eigenvalue weighted by Crippen LogP contribution is 2.13. The highest BCUT2D eigenvalue weighted by molar-refractivity contribution is 6.04. The van der Waals surface area contributed by atoms with E-state index in [-0.39, 0.29) is 5.91 Å². The quantitative estimate of drug-likeness (QED) is 0.875. The van der Waals surface area contributed by atoms with E-state index in [0.29, 0.717) is 11.4 Å². The first-order chi connectivity index (χ1) is 8.56. The Balaban J connectivity index is 2.21. The molecule has 0 fully saturated rings. The summed E-state index contributed by atoms with van der Waals surface area (Å²) in [4.78, 5) is 16.3. The zero-order valence-corrected chi connectivity index (χ0v) is 10.8. The van der Waals surface area contributed by atoms with Crippen LogP contribution in [0, 0.1) is 20.8 Å². The highest BCUT2D eigenvalue weighted by Gasteiger charge is 2.09. The average Bonchev–Trinajstić information content (AvgIpc) is 2.35. The van der Waals surface area contributed by atoms with Gasteiger partial charge >= 0.3 is 0 Å². The van der Waals surface area contributed by atoms with E-state index in [4.69, 9.17) is 0 Å². The van der Waals surface area contributed by atoms with Crippen LogP contribution in [0.25, 0.3) is 0 Å². The molecule has 0 aliphatic carbocycles. The van der Waals surface area contributed by atoms with Crippen molar-refractivity contribution in [2.75, 3.05) is 5.32 Å². The molecule has 3 nitrogen and oxygen atoms in total. The fourth-order valence-corrected chi connectivity index (χ4v) is 1.71. The lowest BCUT2D eigenvalue weighted by atomic mass is 10.1. The fourth-order valence-electron chi connectivity index (χ4n) is 1.71. The smallest absolute Gasteiger partial charge is 0.257 e. The van der Waals surface area contributed by atoms with Crippen LogP contribution >= 0.6 is 0 Å². The topological polar surface area (TPSA) is 42.0 Å². The van der Waals surface area contributed by atoms with Gasteiger partial charge in [0.1, 0.15) is 5.82 Å². The first-order valence-corrected chi connectivity index (χ1v) is 5.87. The molecule has 92 valence electrons. The number of nitrogens with zero attached hydrogens (tertiary/aromatic N) is 1. The maximum atomic E-state index is 12.1. The molecule has 3 heteroatoms. The van der Waals surface area contributed by atoms with E-state index in [1.807, 2.05) is 45.0 Å². The second kappa shape index (κ2) is 5.00. The molecule has 1 aromatic heterocycles. The van der Waals surface area contributed by atoms with Crippen molar-refractivity contribution in [2.45, 2.75) is 20.8 Å². The number of aryl methyl sites for hydroxylation is 3. The van der Waals surface area contributed by atoms with Gasteiger partial charge in [0, 0.05) is 11.8 Å². The number of aromatic nitrogens is 1. The zero-order valence-electron chi connectivity index (χ0n) is 10.8. The summed E-state index contributed by atoms with van der Waals surface area (Å²) in [7, 11) is 0. The number of rotatable bonds is 2. The average molecular weight is 240 g/mol. The minimum atomic E-state index is -0.118. The monoisotopic (exact) mass is 240 g/mol. The summed E-state index contributed by atoms with van der Waals surface area (Å²) in [5.41, 5.74) is 3.80. The molecule has 0 atom stereocenters. The Morgan fingerprint density at radius 2 is 1.78 bits per heavy atom. The van der Waals surface area contributed by atoms with E-state index in [0.717, 1.165) is 16.7 Å². The molecule has 0 aliphatic heterocycles. The number of hydrogen-bond acceptors (Lipinski definition) is 2. The van der Waals surface area contributed by atoms with Crippen molar-refractivity contribution in [2.24, 2.45) is 0 Å². The largest absolute Gasteiger partial charge is 0.307 e. The lowest BCUT2D eigenvalue weighted by Crippen LogP contribution is -2.14. The number of nitrogens with one attached hydrogen (secondary N) is 1. The van der Waals surface area contributed by atoms with Crippen molar-refractivity contribution in [1.82, 2.24) is 4.98 Å². The highest BCUT2D eigenvalue weighted by atomic mass is 16.1. The van der Waals surface area contributed by atoms with E-state index in [1.165, 1.54) is 0 Å². The zero-order chi connectivity index (χ0) is 13.1. The van der Waals surface area contributed by atoms with Crippen LogP contribution in [0.1, 0.15) is 27.0 Å². The second-order valence-corrected chi connectivity index (χ2v) is 4.49. The van der Waals surface area contributed by atoms with Gasteiger partial charge in [0.2, 0.25) is 0 Å². The summed E-state index contributed by atoms with van der Waals surface area (Å²) in [5, 5.41) is 2.80. The fraction of sp³-hybridized carbons (Fsp3) is 0.200. The summed E-state index contributed by atoms with van der Waals surface area (Å²) >= 11 is 0. The van der Waals surface area contributed by atoms with E-state index in [2.05, 4.69) is 10.3 Å². The molecule has 0 bridgehead atoms. The van der Waals surface area contributed by atoms with Crippen molar-refractivity contribution in [3.8, 4) is 0 Å². The van der Waals surface area contributed by atoms with Gasteiger partial charge in [-0.2, -0.15) is 0 Å². The molecular weight excluding hydrogens is 224 g/mol. The Bertz CT molecular complexity index is 574. The van der Waals surface area contributed by atoms with Crippen molar-refractivity contribution < 1.29 is 4.79 Å². The summed E-state index contributed by atoms with van der Waals surface area (Å²) in [6.07, 6.45) is 1.73. The lowest BCUT2D eigenvalue weighted by Gasteiger charge is -2.08. The predicted octanol–water partition coefficient (Wildman–Crippen LogP) is 3.26. The number of benzene rings is 1. The number of amides is 1. The van der Waals surface area contributed by atoms with Crippen molar-refractivity contribution in [3.63, 3.8) is 0 Å². The molecule has 0 unspecified atom stereocenters. The molecule has 1 amide bonds. The third kappa shape index (κ3) is 2.74. The van der Waals surface area contributed by atoms with Crippen LogP contribution in [0.5, 0.6) is 0 Å². The van der Waals surface area contributed by atoms with Crippen molar-refractivity contribution >= 4 is 11.7 Å². The lowest BCUT2D eigenvalue weighted by molar-refractivity contribution is 0.102. The molecule has 0 spiro atoms. The maximum Gasteiger partial charge on any atom is 0.257 e. The Morgan fingerprint density at radius 1 is 1.06 bits per heavy atom. The number of carbonyl (C=O) groups excluding carboxylic acids is 1. The van der Waals surface area contributed by atoms with Crippen LogP contribution in [0.4, 0.5) is 5.82 Å². The molecule has 2 aromatic rings. The Hall–Kier alpha value is -2.16. The Kier molecular flexibility index (Phi) is 3.42. The number of anilines is 1. The molecule has 0 saturated carbocycles. The van der Waals surface area contributed by atoms with Crippen molar-refractivity contribution in [1.29, 1.82) is 0 Å². The van der Waals surface area contributed by atoms with E-state index in [1.54, 1.807) is 12.3 Å². The van der Waals surface area contributed by atoms with Crippen LogP contribution in [0.2, 0.25) is 0 Å². The van der Waals surface area contributed by atoms with Gasteiger partial charge in [0.25, 0.3) is 5.91 Å². The summed E-state index contributed by atoms with van der Waals surface area (Å²) in [6.45, 7) is 5.86. The molecule has 1 heterocycles. The second-order valence-electron chi connectivity index (χ2n) is 4.49. The predicted molar refractivity (Wildman–Crippen MR) is 72.8 cm³/mol. The third-order valence-corrected chi connectivity index (χ3v) is 2.79. The SMILES string of the molecule is Cc1ccc(NC(=O)c2cc(C)ccc2C)nc1. The van der Waals surface area contributed by atoms with Gasteiger partial charge in [-0.25, -0.2) is 4.98 Å². The normalized spacial score (nSPS) is 10.2. The third-order valence-electron chi connectivity index (χ3n) is 2.79. The molecule has 0 saturated heterocycles. The van der Waals surface area contributed by atoms with Crippen LogP contribution in [0.3, 0.4) is 0 Å². The number of hydrogen-bond donors (Lipinski definition) is 1.